The molecule has 1 aromatic carbocycles. The molecule has 0 bridgehead atoms. The lowest BCUT2D eigenvalue weighted by Gasteiger charge is -2.13. The average Bonchev–Trinajstić information content (AvgIpc) is 2.90. The fourth-order valence-corrected chi connectivity index (χ4v) is 1.74. The number of aryl methyl sites for hydroxylation is 1. The van der Waals surface area contributed by atoms with E-state index in [1.54, 1.807) is 7.05 Å². The normalized spacial score (nSPS) is 13.0. The van der Waals surface area contributed by atoms with Crippen LogP contribution < -0.4 is 5.32 Å². The van der Waals surface area contributed by atoms with Crippen LogP contribution in [0.2, 0.25) is 0 Å². The summed E-state index contributed by atoms with van der Waals surface area (Å²) in [5.41, 5.74) is -0.443. The maximum atomic E-state index is 12.4. The van der Waals surface area contributed by atoms with Gasteiger partial charge in [0.15, 0.2) is 5.69 Å². The van der Waals surface area contributed by atoms with Crippen molar-refractivity contribution in [3.8, 4) is 0 Å². The minimum absolute atomic E-state index is 0.0853. The number of carbonyl (C=O) groups is 1. The molecule has 0 saturated heterocycles. The van der Waals surface area contributed by atoms with E-state index in [2.05, 4.69) is 15.6 Å². The molecule has 0 aliphatic heterocycles. The molecule has 1 aromatic heterocycles. The van der Waals surface area contributed by atoms with Crippen molar-refractivity contribution in [1.82, 2.24) is 20.3 Å². The largest absolute Gasteiger partial charge is 0.416 e. The SMILES string of the molecule is Cn1cc(C(=O)NC[C@H](O)c2ccc(C(F)(F)F)cc2)nn1. The number of amides is 1. The number of aromatic nitrogens is 3. The molecular weight excluding hydrogens is 301 g/mol. The lowest BCUT2D eigenvalue weighted by atomic mass is 10.1. The number of rotatable bonds is 4. The molecule has 0 saturated carbocycles. The molecule has 6 nitrogen and oxygen atoms in total. The predicted molar refractivity (Wildman–Crippen MR) is 69.7 cm³/mol. The van der Waals surface area contributed by atoms with Crippen molar-refractivity contribution in [3.05, 3.63) is 47.3 Å². The van der Waals surface area contributed by atoms with E-state index in [4.69, 9.17) is 0 Å². The van der Waals surface area contributed by atoms with Crippen LogP contribution in [0.25, 0.3) is 0 Å². The van der Waals surface area contributed by atoms with Crippen LogP contribution >= 0.6 is 0 Å². The molecule has 1 atom stereocenters. The van der Waals surface area contributed by atoms with Gasteiger partial charge in [-0.15, -0.1) is 5.10 Å². The maximum absolute atomic E-state index is 12.4. The van der Waals surface area contributed by atoms with Crippen molar-refractivity contribution in [2.24, 2.45) is 7.05 Å². The standard InChI is InChI=1S/C13H13F3N4O2/c1-20-7-10(18-19-20)12(22)17-6-11(21)8-2-4-9(5-3-8)13(14,15)16/h2-5,7,11,21H,6H2,1H3,(H,17,22)/t11-/m0/s1. The molecule has 0 unspecified atom stereocenters. The first-order valence-corrected chi connectivity index (χ1v) is 6.27. The number of carbonyl (C=O) groups excluding carboxylic acids is 1. The van der Waals surface area contributed by atoms with Gasteiger partial charge in [0.25, 0.3) is 5.91 Å². The highest BCUT2D eigenvalue weighted by Crippen LogP contribution is 2.29. The zero-order valence-corrected chi connectivity index (χ0v) is 11.5. The van der Waals surface area contributed by atoms with Crippen molar-refractivity contribution in [2.45, 2.75) is 12.3 Å². The van der Waals surface area contributed by atoms with Crippen molar-refractivity contribution < 1.29 is 23.1 Å². The summed E-state index contributed by atoms with van der Waals surface area (Å²) in [4.78, 5) is 11.7. The summed E-state index contributed by atoms with van der Waals surface area (Å²) in [5.74, 6) is -0.529. The number of nitrogens with zero attached hydrogens (tertiary/aromatic N) is 3. The maximum Gasteiger partial charge on any atom is 0.416 e. The zero-order valence-electron chi connectivity index (χ0n) is 11.5. The summed E-state index contributed by atoms with van der Waals surface area (Å²) in [6, 6.07) is 4.09. The van der Waals surface area contributed by atoms with Crippen molar-refractivity contribution in [2.75, 3.05) is 6.54 Å². The van der Waals surface area contributed by atoms with E-state index in [1.165, 1.54) is 23.0 Å². The van der Waals surface area contributed by atoms with E-state index >= 15 is 0 Å². The van der Waals surface area contributed by atoms with E-state index < -0.39 is 23.8 Å². The van der Waals surface area contributed by atoms with Crippen molar-refractivity contribution in [1.29, 1.82) is 0 Å². The predicted octanol–water partition coefficient (Wildman–Crippen LogP) is 1.30. The van der Waals surface area contributed by atoms with Gasteiger partial charge in [-0.05, 0) is 17.7 Å². The topological polar surface area (TPSA) is 80.0 Å². The second-order valence-corrected chi connectivity index (χ2v) is 4.62. The van der Waals surface area contributed by atoms with Gasteiger partial charge in [-0.2, -0.15) is 13.2 Å². The fourth-order valence-electron chi connectivity index (χ4n) is 1.74. The summed E-state index contributed by atoms with van der Waals surface area (Å²) >= 11 is 0. The minimum atomic E-state index is -4.43. The molecule has 0 radical (unpaired) electrons. The Kier molecular flexibility index (Phi) is 4.45. The average molecular weight is 314 g/mol. The summed E-state index contributed by atoms with van der Waals surface area (Å²) in [7, 11) is 1.60. The molecule has 118 valence electrons. The molecule has 22 heavy (non-hydrogen) atoms. The first kappa shape index (κ1) is 16.0. The second-order valence-electron chi connectivity index (χ2n) is 4.62. The van der Waals surface area contributed by atoms with Crippen LogP contribution in [0.3, 0.4) is 0 Å². The Labute approximate surface area is 123 Å². The van der Waals surface area contributed by atoms with Gasteiger partial charge in [0.1, 0.15) is 0 Å². The van der Waals surface area contributed by atoms with E-state index in [9.17, 15) is 23.1 Å². The van der Waals surface area contributed by atoms with Crippen LogP contribution in [-0.2, 0) is 13.2 Å². The first-order chi connectivity index (χ1) is 10.3. The highest BCUT2D eigenvalue weighted by molar-refractivity contribution is 5.91. The third kappa shape index (κ3) is 3.82. The number of aliphatic hydroxyl groups excluding tert-OH is 1. The highest BCUT2D eigenvalue weighted by Gasteiger charge is 2.30. The number of halogens is 3. The summed E-state index contributed by atoms with van der Waals surface area (Å²) in [6.07, 6.45) is -4.15. The molecule has 2 rings (SSSR count). The molecule has 0 aliphatic carbocycles. The Morgan fingerprint density at radius 2 is 2.00 bits per heavy atom. The third-order valence-electron chi connectivity index (χ3n) is 2.91. The van der Waals surface area contributed by atoms with Gasteiger partial charge in [0.2, 0.25) is 0 Å². The minimum Gasteiger partial charge on any atom is -0.387 e. The molecule has 2 aromatic rings. The van der Waals surface area contributed by atoms with E-state index in [-0.39, 0.29) is 17.8 Å². The molecule has 0 aliphatic rings. The van der Waals surface area contributed by atoms with Gasteiger partial charge in [0, 0.05) is 13.6 Å². The Bertz CT molecular complexity index is 652. The number of alkyl halides is 3. The van der Waals surface area contributed by atoms with Crippen LogP contribution in [0.1, 0.15) is 27.7 Å². The van der Waals surface area contributed by atoms with Gasteiger partial charge in [0.05, 0.1) is 17.9 Å². The molecule has 9 heteroatoms. The van der Waals surface area contributed by atoms with Gasteiger partial charge in [-0.1, -0.05) is 17.3 Å². The van der Waals surface area contributed by atoms with Crippen LogP contribution in [0.15, 0.2) is 30.5 Å². The van der Waals surface area contributed by atoms with E-state index in [1.807, 2.05) is 0 Å². The van der Waals surface area contributed by atoms with Gasteiger partial charge in [-0.25, -0.2) is 0 Å². The summed E-state index contributed by atoms with van der Waals surface area (Å²) in [6.45, 7) is -0.152. The monoisotopic (exact) mass is 314 g/mol. The summed E-state index contributed by atoms with van der Waals surface area (Å²) in [5, 5.41) is 19.5. The second kappa shape index (κ2) is 6.14. The van der Waals surface area contributed by atoms with Crippen LogP contribution in [-0.4, -0.2) is 32.6 Å². The Morgan fingerprint density at radius 3 is 2.50 bits per heavy atom. The van der Waals surface area contributed by atoms with Crippen molar-refractivity contribution in [3.63, 3.8) is 0 Å². The lowest BCUT2D eigenvalue weighted by Crippen LogP contribution is -2.28. The number of hydrogen-bond donors (Lipinski definition) is 2. The molecule has 2 N–H and O–H groups in total. The molecule has 0 fully saturated rings. The fraction of sp³-hybridized carbons (Fsp3) is 0.308. The smallest absolute Gasteiger partial charge is 0.387 e. The van der Waals surface area contributed by atoms with Gasteiger partial charge in [-0.3, -0.25) is 9.48 Å². The number of nitrogens with one attached hydrogen (secondary N) is 1. The van der Waals surface area contributed by atoms with Crippen LogP contribution in [0.5, 0.6) is 0 Å². The van der Waals surface area contributed by atoms with Gasteiger partial charge >= 0.3 is 6.18 Å². The first-order valence-electron chi connectivity index (χ1n) is 6.27. The number of benzene rings is 1. The number of aliphatic hydroxyl groups is 1. The van der Waals surface area contributed by atoms with Crippen LogP contribution in [0.4, 0.5) is 13.2 Å². The quantitative estimate of drug-likeness (QED) is 0.891. The van der Waals surface area contributed by atoms with Crippen LogP contribution in [0, 0.1) is 0 Å². The molecule has 1 heterocycles. The Balaban J connectivity index is 1.95. The highest BCUT2D eigenvalue weighted by atomic mass is 19.4. The van der Waals surface area contributed by atoms with E-state index in [0.717, 1.165) is 12.1 Å². The van der Waals surface area contributed by atoms with Crippen molar-refractivity contribution >= 4 is 5.91 Å². The van der Waals surface area contributed by atoms with Gasteiger partial charge < -0.3 is 10.4 Å². The van der Waals surface area contributed by atoms with E-state index in [0.29, 0.717) is 0 Å². The Hall–Kier alpha value is -2.42. The Morgan fingerprint density at radius 1 is 1.36 bits per heavy atom. The lowest BCUT2D eigenvalue weighted by molar-refractivity contribution is -0.137. The molecular formula is C13H13F3N4O2. The zero-order chi connectivity index (χ0) is 16.3. The third-order valence-corrected chi connectivity index (χ3v) is 2.91. The number of hydrogen-bond acceptors (Lipinski definition) is 4. The summed E-state index contributed by atoms with van der Waals surface area (Å²) < 4.78 is 38.6. The molecule has 0 spiro atoms. The molecule has 1 amide bonds.